The van der Waals surface area contributed by atoms with Crippen molar-refractivity contribution >= 4 is 29.1 Å². The molecule has 0 radical (unpaired) electrons. The maximum absolute atomic E-state index is 12.3. The van der Waals surface area contributed by atoms with Crippen LogP contribution in [0.4, 0.5) is 0 Å². The number of pyridine rings is 1. The lowest BCUT2D eigenvalue weighted by atomic mass is 10.2. The molecule has 108 valence electrons. The number of nitrogens with zero attached hydrogens (tertiary/aromatic N) is 2. The molecule has 1 aliphatic rings. The second-order valence-electron chi connectivity index (χ2n) is 5.20. The average Bonchev–Trinajstić information content (AvgIpc) is 3.27. The van der Waals surface area contributed by atoms with E-state index in [2.05, 4.69) is 4.99 Å². The number of aromatic nitrogens is 1. The number of amides is 1. The van der Waals surface area contributed by atoms with E-state index in [0.29, 0.717) is 27.0 Å². The van der Waals surface area contributed by atoms with E-state index in [9.17, 15) is 4.79 Å². The molecule has 0 N–H and O–H groups in total. The van der Waals surface area contributed by atoms with Gasteiger partial charge in [-0.3, -0.25) is 4.79 Å². The first kappa shape index (κ1) is 14.4. The van der Waals surface area contributed by atoms with Gasteiger partial charge in [0, 0.05) is 17.8 Å². The van der Waals surface area contributed by atoms with Crippen LogP contribution in [0.1, 0.15) is 23.2 Å². The van der Waals surface area contributed by atoms with Crippen molar-refractivity contribution in [3.8, 4) is 0 Å². The highest BCUT2D eigenvalue weighted by molar-refractivity contribution is 6.35. The Hall–Kier alpha value is -1.58. The third-order valence-corrected chi connectivity index (χ3v) is 4.01. The number of rotatable bonds is 3. The summed E-state index contributed by atoms with van der Waals surface area (Å²) in [5, 5.41) is 0.828. The molecule has 1 fully saturated rings. The molecule has 0 aliphatic heterocycles. The molecule has 1 aromatic carbocycles. The highest BCUT2D eigenvalue weighted by Gasteiger charge is 2.21. The van der Waals surface area contributed by atoms with Crippen LogP contribution < -0.4 is 5.49 Å². The molecular formula is C16H14Cl2N2O. The van der Waals surface area contributed by atoms with Gasteiger partial charge in [-0.25, -0.2) is 0 Å². The first-order valence-electron chi connectivity index (χ1n) is 6.83. The van der Waals surface area contributed by atoms with Crippen LogP contribution in [0.15, 0.2) is 47.6 Å². The Morgan fingerprint density at radius 1 is 1.24 bits per heavy atom. The number of halogens is 2. The molecular weight excluding hydrogens is 307 g/mol. The van der Waals surface area contributed by atoms with E-state index in [1.165, 1.54) is 12.8 Å². The fourth-order valence-corrected chi connectivity index (χ4v) is 2.50. The van der Waals surface area contributed by atoms with Crippen molar-refractivity contribution in [2.45, 2.75) is 19.4 Å². The lowest BCUT2D eigenvalue weighted by Crippen LogP contribution is -2.22. The molecule has 3 rings (SSSR count). The van der Waals surface area contributed by atoms with E-state index >= 15 is 0 Å². The van der Waals surface area contributed by atoms with E-state index < -0.39 is 0 Å². The largest absolute Gasteiger partial charge is 0.333 e. The van der Waals surface area contributed by atoms with Gasteiger partial charge in [0.1, 0.15) is 5.49 Å². The van der Waals surface area contributed by atoms with Crippen molar-refractivity contribution in [3.63, 3.8) is 0 Å². The molecule has 0 atom stereocenters. The molecule has 5 heteroatoms. The Balaban J connectivity index is 1.97. The van der Waals surface area contributed by atoms with Crippen molar-refractivity contribution in [2.75, 3.05) is 0 Å². The Morgan fingerprint density at radius 2 is 2.05 bits per heavy atom. The topological polar surface area (TPSA) is 34.4 Å². The summed E-state index contributed by atoms with van der Waals surface area (Å²) in [6, 6.07) is 10.4. The van der Waals surface area contributed by atoms with Crippen molar-refractivity contribution < 1.29 is 4.79 Å². The average molecular weight is 321 g/mol. The van der Waals surface area contributed by atoms with Crippen LogP contribution >= 0.6 is 23.2 Å². The normalized spacial score (nSPS) is 15.2. The fraction of sp³-hybridized carbons (Fsp3) is 0.250. The second-order valence-corrected chi connectivity index (χ2v) is 6.04. The number of hydrogen-bond acceptors (Lipinski definition) is 1. The Morgan fingerprint density at radius 3 is 2.81 bits per heavy atom. The van der Waals surface area contributed by atoms with E-state index in [-0.39, 0.29) is 5.91 Å². The monoisotopic (exact) mass is 320 g/mol. The molecule has 21 heavy (non-hydrogen) atoms. The van der Waals surface area contributed by atoms with E-state index in [1.807, 2.05) is 29.0 Å². The molecule has 3 nitrogen and oxygen atoms in total. The van der Waals surface area contributed by atoms with E-state index in [0.717, 1.165) is 6.54 Å². The zero-order valence-corrected chi connectivity index (χ0v) is 12.8. The second kappa shape index (κ2) is 6.04. The van der Waals surface area contributed by atoms with Crippen LogP contribution in [0.3, 0.4) is 0 Å². The van der Waals surface area contributed by atoms with Gasteiger partial charge in [0.25, 0.3) is 5.91 Å². The zero-order valence-electron chi connectivity index (χ0n) is 11.3. The molecule has 2 aromatic rings. The maximum atomic E-state index is 12.3. The Labute approximate surface area is 132 Å². The van der Waals surface area contributed by atoms with Crippen molar-refractivity contribution in [3.05, 3.63) is 63.7 Å². The lowest BCUT2D eigenvalue weighted by Gasteiger charge is -2.06. The van der Waals surface area contributed by atoms with Crippen molar-refractivity contribution in [2.24, 2.45) is 10.9 Å². The van der Waals surface area contributed by atoms with Gasteiger partial charge in [-0.15, -0.1) is 0 Å². The Kier molecular flexibility index (Phi) is 4.13. The molecule has 0 saturated heterocycles. The SMILES string of the molecule is O=C(N=c1ccccn1CC1CC1)c1cc(Cl)ccc1Cl. The highest BCUT2D eigenvalue weighted by atomic mass is 35.5. The molecule has 1 amide bonds. The van der Waals surface area contributed by atoms with Gasteiger partial charge in [0.15, 0.2) is 0 Å². The summed E-state index contributed by atoms with van der Waals surface area (Å²) in [7, 11) is 0. The van der Waals surface area contributed by atoms with Crippen molar-refractivity contribution in [1.82, 2.24) is 4.57 Å². The zero-order chi connectivity index (χ0) is 14.8. The van der Waals surface area contributed by atoms with Gasteiger partial charge in [-0.05, 0) is 49.1 Å². The number of hydrogen-bond donors (Lipinski definition) is 0. The molecule has 1 aliphatic carbocycles. The first-order valence-corrected chi connectivity index (χ1v) is 7.58. The van der Waals surface area contributed by atoms with Gasteiger partial charge in [0.2, 0.25) is 0 Å². The summed E-state index contributed by atoms with van der Waals surface area (Å²) in [4.78, 5) is 16.5. The molecule has 0 unspecified atom stereocenters. The van der Waals surface area contributed by atoms with Gasteiger partial charge in [0.05, 0.1) is 10.6 Å². The standard InChI is InChI=1S/C16H14Cl2N2O/c17-12-6-7-14(18)13(9-12)16(21)19-15-3-1-2-8-20(15)10-11-4-5-11/h1-3,6-9,11H,4-5,10H2. The third kappa shape index (κ3) is 3.55. The highest BCUT2D eigenvalue weighted by Crippen LogP contribution is 2.30. The quantitative estimate of drug-likeness (QED) is 0.843. The number of carbonyl (C=O) groups is 1. The van der Waals surface area contributed by atoms with Crippen LogP contribution in [-0.4, -0.2) is 10.5 Å². The van der Waals surface area contributed by atoms with Gasteiger partial charge in [-0.2, -0.15) is 4.99 Å². The third-order valence-electron chi connectivity index (χ3n) is 3.44. The predicted molar refractivity (Wildman–Crippen MR) is 83.5 cm³/mol. The van der Waals surface area contributed by atoms with Gasteiger partial charge < -0.3 is 4.57 Å². The minimum absolute atomic E-state index is 0.325. The van der Waals surface area contributed by atoms with Gasteiger partial charge >= 0.3 is 0 Å². The van der Waals surface area contributed by atoms with Crippen molar-refractivity contribution in [1.29, 1.82) is 0 Å². The molecule has 1 saturated carbocycles. The molecule has 1 aromatic heterocycles. The molecule has 0 spiro atoms. The fourth-order valence-electron chi connectivity index (χ4n) is 2.13. The summed E-state index contributed by atoms with van der Waals surface area (Å²) in [5.74, 6) is 0.328. The molecule has 1 heterocycles. The minimum Gasteiger partial charge on any atom is -0.333 e. The summed E-state index contributed by atoms with van der Waals surface area (Å²) in [5.41, 5.74) is 0.969. The summed E-state index contributed by atoms with van der Waals surface area (Å²) in [6.07, 6.45) is 4.44. The smallest absolute Gasteiger partial charge is 0.280 e. The number of carbonyl (C=O) groups excluding carboxylic acids is 1. The van der Waals surface area contributed by atoms with Crippen LogP contribution in [0, 0.1) is 5.92 Å². The van der Waals surface area contributed by atoms with Crippen LogP contribution in [0.2, 0.25) is 10.0 Å². The molecule has 0 bridgehead atoms. The van der Waals surface area contributed by atoms with Gasteiger partial charge in [-0.1, -0.05) is 29.3 Å². The lowest BCUT2D eigenvalue weighted by molar-refractivity contribution is 0.0997. The van der Waals surface area contributed by atoms with Crippen LogP contribution in [0.25, 0.3) is 0 Å². The minimum atomic E-state index is -0.377. The number of benzene rings is 1. The summed E-state index contributed by atoms with van der Waals surface area (Å²) >= 11 is 12.0. The first-order chi connectivity index (χ1) is 10.1. The predicted octanol–water partition coefficient (Wildman–Crippen LogP) is 3.95. The maximum Gasteiger partial charge on any atom is 0.280 e. The summed E-state index contributed by atoms with van der Waals surface area (Å²) in [6.45, 7) is 0.899. The summed E-state index contributed by atoms with van der Waals surface area (Å²) < 4.78 is 2.01. The van der Waals surface area contributed by atoms with Crippen LogP contribution in [0.5, 0.6) is 0 Å². The Bertz CT molecular complexity index is 748. The van der Waals surface area contributed by atoms with E-state index in [4.69, 9.17) is 23.2 Å². The van der Waals surface area contributed by atoms with E-state index in [1.54, 1.807) is 18.2 Å². The van der Waals surface area contributed by atoms with Crippen LogP contribution in [-0.2, 0) is 6.54 Å².